The van der Waals surface area contributed by atoms with Crippen LogP contribution in [-0.4, -0.2) is 55.3 Å². The van der Waals surface area contributed by atoms with Crippen LogP contribution in [0.25, 0.3) is 0 Å². The highest BCUT2D eigenvalue weighted by Crippen LogP contribution is 2.20. The van der Waals surface area contributed by atoms with Gasteiger partial charge in [0.25, 0.3) is 0 Å². The fraction of sp³-hybridized carbons (Fsp3) is 0.333. The van der Waals surface area contributed by atoms with Gasteiger partial charge in [-0.3, -0.25) is 4.90 Å². The van der Waals surface area contributed by atoms with Crippen LogP contribution in [0.1, 0.15) is 0 Å². The summed E-state index contributed by atoms with van der Waals surface area (Å²) >= 11 is 0. The fourth-order valence-electron chi connectivity index (χ4n) is 2.47. The molecule has 8 heteroatoms. The number of rotatable bonds is 6. The topological polar surface area (TPSA) is 75.7 Å². The van der Waals surface area contributed by atoms with Crippen LogP contribution < -0.4 is 15.4 Å². The van der Waals surface area contributed by atoms with Crippen molar-refractivity contribution in [3.05, 3.63) is 48.4 Å². The maximum atomic E-state index is 12.9. The molecule has 1 aliphatic heterocycles. The number of carbonyl (C=O) groups is 1. The quantitative estimate of drug-likeness (QED) is 0.828. The summed E-state index contributed by atoms with van der Waals surface area (Å²) in [6.45, 7) is 4.62. The first-order valence-corrected chi connectivity index (χ1v) is 8.43. The van der Waals surface area contributed by atoms with Crippen molar-refractivity contribution < 1.29 is 18.7 Å². The first-order chi connectivity index (χ1) is 12.7. The predicted molar refractivity (Wildman–Crippen MR) is 95.0 cm³/mol. The zero-order chi connectivity index (χ0) is 18.2. The molecular formula is C18H21FN4O3. The number of hydrogen-bond donors (Lipinski definition) is 2. The van der Waals surface area contributed by atoms with E-state index < -0.39 is 0 Å². The predicted octanol–water partition coefficient (Wildman–Crippen LogP) is 2.47. The number of halogens is 1. The van der Waals surface area contributed by atoms with Gasteiger partial charge in [-0.1, -0.05) is 0 Å². The number of ether oxygens (including phenoxy) is 2. The standard InChI is InChI=1S/C18H21FN4O3/c19-14-1-4-16(5-2-14)26-17-6-3-15(13-21-17)22-18(24)20-7-8-23-9-11-25-12-10-23/h1-6,13H,7-12H2,(H2,20,22,24). The van der Waals surface area contributed by atoms with E-state index in [1.54, 1.807) is 12.1 Å². The summed E-state index contributed by atoms with van der Waals surface area (Å²) in [5, 5.41) is 5.53. The molecule has 2 N–H and O–H groups in total. The van der Waals surface area contributed by atoms with Gasteiger partial charge in [0, 0.05) is 32.2 Å². The van der Waals surface area contributed by atoms with Gasteiger partial charge in [0.2, 0.25) is 5.88 Å². The van der Waals surface area contributed by atoms with E-state index >= 15 is 0 Å². The van der Waals surface area contributed by atoms with E-state index in [9.17, 15) is 9.18 Å². The molecular weight excluding hydrogens is 339 g/mol. The third-order valence-electron chi connectivity index (χ3n) is 3.85. The van der Waals surface area contributed by atoms with Crippen LogP contribution in [-0.2, 0) is 4.74 Å². The van der Waals surface area contributed by atoms with Crippen LogP contribution in [0.3, 0.4) is 0 Å². The van der Waals surface area contributed by atoms with Crippen molar-refractivity contribution in [3.63, 3.8) is 0 Å². The first kappa shape index (κ1) is 18.1. The summed E-state index contributed by atoms with van der Waals surface area (Å²) in [6, 6.07) is 8.70. The van der Waals surface area contributed by atoms with Crippen LogP contribution in [0.5, 0.6) is 11.6 Å². The molecule has 0 spiro atoms. The molecule has 1 aliphatic rings. The van der Waals surface area contributed by atoms with Gasteiger partial charge in [-0.05, 0) is 30.3 Å². The highest BCUT2D eigenvalue weighted by atomic mass is 19.1. The van der Waals surface area contributed by atoms with E-state index in [4.69, 9.17) is 9.47 Å². The summed E-state index contributed by atoms with van der Waals surface area (Å²) < 4.78 is 23.7. The van der Waals surface area contributed by atoms with Crippen molar-refractivity contribution >= 4 is 11.7 Å². The van der Waals surface area contributed by atoms with Crippen molar-refractivity contribution in [1.29, 1.82) is 0 Å². The zero-order valence-electron chi connectivity index (χ0n) is 14.3. The summed E-state index contributed by atoms with van der Waals surface area (Å²) in [6.07, 6.45) is 1.50. The van der Waals surface area contributed by atoms with Gasteiger partial charge < -0.3 is 20.1 Å². The van der Waals surface area contributed by atoms with E-state index in [1.165, 1.54) is 30.5 Å². The van der Waals surface area contributed by atoms with Crippen LogP contribution in [0.15, 0.2) is 42.6 Å². The lowest BCUT2D eigenvalue weighted by Crippen LogP contribution is -2.42. The minimum absolute atomic E-state index is 0.285. The van der Waals surface area contributed by atoms with E-state index in [-0.39, 0.29) is 11.8 Å². The molecule has 2 heterocycles. The smallest absolute Gasteiger partial charge is 0.319 e. The number of pyridine rings is 1. The second-order valence-electron chi connectivity index (χ2n) is 5.78. The Kier molecular flexibility index (Phi) is 6.34. The number of urea groups is 1. The van der Waals surface area contributed by atoms with Crippen molar-refractivity contribution in [2.45, 2.75) is 0 Å². The van der Waals surface area contributed by atoms with Crippen molar-refractivity contribution in [2.24, 2.45) is 0 Å². The van der Waals surface area contributed by atoms with Crippen LogP contribution in [0.4, 0.5) is 14.9 Å². The van der Waals surface area contributed by atoms with Gasteiger partial charge in [0.05, 0.1) is 25.1 Å². The van der Waals surface area contributed by atoms with Crippen LogP contribution >= 0.6 is 0 Å². The average Bonchev–Trinajstić information content (AvgIpc) is 2.66. The molecule has 138 valence electrons. The van der Waals surface area contributed by atoms with E-state index in [1.807, 2.05) is 0 Å². The van der Waals surface area contributed by atoms with E-state index in [2.05, 4.69) is 20.5 Å². The Hall–Kier alpha value is -2.71. The molecule has 0 atom stereocenters. The lowest BCUT2D eigenvalue weighted by Gasteiger charge is -2.26. The Morgan fingerprint density at radius 3 is 2.65 bits per heavy atom. The van der Waals surface area contributed by atoms with Gasteiger partial charge >= 0.3 is 6.03 Å². The molecule has 1 aromatic heterocycles. The van der Waals surface area contributed by atoms with Crippen LogP contribution in [0.2, 0.25) is 0 Å². The summed E-state index contributed by atoms with van der Waals surface area (Å²) in [5.74, 6) is 0.514. The molecule has 3 rings (SSSR count). The van der Waals surface area contributed by atoms with Gasteiger partial charge in [-0.2, -0.15) is 0 Å². The number of amides is 2. The maximum Gasteiger partial charge on any atom is 0.319 e. The molecule has 26 heavy (non-hydrogen) atoms. The highest BCUT2D eigenvalue weighted by molar-refractivity contribution is 5.88. The first-order valence-electron chi connectivity index (χ1n) is 8.43. The normalized spacial score (nSPS) is 14.7. The van der Waals surface area contributed by atoms with Crippen molar-refractivity contribution in [1.82, 2.24) is 15.2 Å². The molecule has 2 amide bonds. The molecule has 0 bridgehead atoms. The molecule has 2 aromatic rings. The summed E-state index contributed by atoms with van der Waals surface area (Å²) in [5.41, 5.74) is 0.556. The third kappa shape index (κ3) is 5.68. The lowest BCUT2D eigenvalue weighted by atomic mass is 10.3. The molecule has 0 aliphatic carbocycles. The Labute approximate surface area is 151 Å². The van der Waals surface area contributed by atoms with Gasteiger partial charge in [0.15, 0.2) is 0 Å². The highest BCUT2D eigenvalue weighted by Gasteiger charge is 2.10. The largest absolute Gasteiger partial charge is 0.439 e. The van der Waals surface area contributed by atoms with Gasteiger partial charge in [0.1, 0.15) is 11.6 Å². The molecule has 0 radical (unpaired) electrons. The van der Waals surface area contributed by atoms with Crippen LogP contribution in [0, 0.1) is 5.82 Å². The average molecular weight is 360 g/mol. The molecule has 0 unspecified atom stereocenters. The molecule has 1 saturated heterocycles. The molecule has 7 nitrogen and oxygen atoms in total. The Balaban J connectivity index is 1.41. The zero-order valence-corrected chi connectivity index (χ0v) is 14.3. The fourth-order valence-corrected chi connectivity index (χ4v) is 2.47. The minimum Gasteiger partial charge on any atom is -0.439 e. The van der Waals surface area contributed by atoms with Gasteiger partial charge in [-0.25, -0.2) is 14.2 Å². The van der Waals surface area contributed by atoms with E-state index in [0.29, 0.717) is 23.9 Å². The second kappa shape index (κ2) is 9.12. The van der Waals surface area contributed by atoms with Crippen molar-refractivity contribution in [3.8, 4) is 11.6 Å². The number of carbonyl (C=O) groups excluding carboxylic acids is 1. The summed E-state index contributed by atoms with van der Waals surface area (Å²) in [7, 11) is 0. The van der Waals surface area contributed by atoms with Crippen molar-refractivity contribution in [2.75, 3.05) is 44.7 Å². The summed E-state index contributed by atoms with van der Waals surface area (Å²) in [4.78, 5) is 18.3. The molecule has 0 saturated carbocycles. The number of aromatic nitrogens is 1. The SMILES string of the molecule is O=C(NCCN1CCOCC1)Nc1ccc(Oc2ccc(F)cc2)nc1. The Morgan fingerprint density at radius 1 is 1.19 bits per heavy atom. The number of hydrogen-bond acceptors (Lipinski definition) is 5. The Bertz CT molecular complexity index is 703. The number of nitrogens with one attached hydrogen (secondary N) is 2. The van der Waals surface area contributed by atoms with Gasteiger partial charge in [-0.15, -0.1) is 0 Å². The van der Waals surface area contributed by atoms with E-state index in [0.717, 1.165) is 32.8 Å². The number of benzene rings is 1. The monoisotopic (exact) mass is 360 g/mol. The lowest BCUT2D eigenvalue weighted by molar-refractivity contribution is 0.0388. The second-order valence-corrected chi connectivity index (χ2v) is 5.78. The number of nitrogens with zero attached hydrogens (tertiary/aromatic N) is 2. The Morgan fingerprint density at radius 2 is 1.96 bits per heavy atom. The molecule has 1 aromatic carbocycles. The molecule has 1 fully saturated rings. The number of anilines is 1. The minimum atomic E-state index is -0.329. The third-order valence-corrected chi connectivity index (χ3v) is 3.85. The maximum absolute atomic E-state index is 12.9. The number of morpholine rings is 1.